The molecule has 1 fully saturated rings. The molecule has 2 N–H and O–H groups in total. The third-order valence-electron chi connectivity index (χ3n) is 5.08. The highest BCUT2D eigenvalue weighted by atomic mass is 16.6. The second-order valence-electron chi connectivity index (χ2n) is 7.15. The molecule has 0 unspecified atom stereocenters. The van der Waals surface area contributed by atoms with Crippen LogP contribution in [0.5, 0.6) is 0 Å². The van der Waals surface area contributed by atoms with E-state index in [0.717, 1.165) is 5.56 Å². The van der Waals surface area contributed by atoms with Crippen molar-refractivity contribution in [1.29, 1.82) is 0 Å². The summed E-state index contributed by atoms with van der Waals surface area (Å²) in [5, 5.41) is 5.61. The van der Waals surface area contributed by atoms with Crippen molar-refractivity contribution in [1.82, 2.24) is 10.6 Å². The van der Waals surface area contributed by atoms with Crippen LogP contribution in [0.3, 0.4) is 0 Å². The number of carbonyl (C=O) groups excluding carboxylic acids is 2. The lowest BCUT2D eigenvalue weighted by Gasteiger charge is -2.25. The summed E-state index contributed by atoms with van der Waals surface area (Å²) >= 11 is 0. The second-order valence-corrected chi connectivity index (χ2v) is 7.15. The van der Waals surface area contributed by atoms with Crippen molar-refractivity contribution in [3.8, 4) is 0 Å². The van der Waals surface area contributed by atoms with E-state index in [1.165, 1.54) is 0 Å². The summed E-state index contributed by atoms with van der Waals surface area (Å²) in [5.74, 6) is -0.210. The lowest BCUT2D eigenvalue weighted by Crippen LogP contribution is -2.45. The van der Waals surface area contributed by atoms with Crippen LogP contribution in [0.25, 0.3) is 0 Å². The molecule has 1 saturated heterocycles. The quantitative estimate of drug-likeness (QED) is 0.717. The first kappa shape index (κ1) is 20.1. The average molecular weight is 408 g/mol. The smallest absolute Gasteiger partial charge is 0.407 e. The van der Waals surface area contributed by atoms with Crippen molar-refractivity contribution >= 4 is 12.0 Å². The van der Waals surface area contributed by atoms with E-state index in [0.29, 0.717) is 18.7 Å². The number of hydrogen-bond donors (Lipinski definition) is 2. The van der Waals surface area contributed by atoms with Gasteiger partial charge in [0, 0.05) is 18.7 Å². The standard InChI is InChI=1S/C23H24N2O5/c26-22(17-10-5-2-6-11-17)24-15-19-21(20-18(29-19)12-7-13-28-20)30-23(27)25-14-16-8-3-1-4-9-16/h1-12,18-21H,13-15H2,(H,24,26)(H,25,27)/t18-,19+,20+,21+/m0/s1. The monoisotopic (exact) mass is 408 g/mol. The Kier molecular flexibility index (Phi) is 6.41. The summed E-state index contributed by atoms with van der Waals surface area (Å²) in [6.07, 6.45) is 1.36. The SMILES string of the molecule is O=C(NCc1ccccc1)O[C@H]1[C@@H]2OCC=C[C@@H]2O[C@@H]1CNC(=O)c1ccccc1. The van der Waals surface area contributed by atoms with E-state index in [4.69, 9.17) is 14.2 Å². The minimum Gasteiger partial charge on any atom is -0.440 e. The zero-order valence-corrected chi connectivity index (χ0v) is 16.4. The van der Waals surface area contributed by atoms with Gasteiger partial charge in [-0.2, -0.15) is 0 Å². The number of fused-ring (bicyclic) bond motifs is 1. The normalized spacial score (nSPS) is 24.7. The van der Waals surface area contributed by atoms with Crippen LogP contribution in [0.2, 0.25) is 0 Å². The molecule has 2 aliphatic heterocycles. The van der Waals surface area contributed by atoms with Crippen LogP contribution < -0.4 is 10.6 Å². The number of benzene rings is 2. The Morgan fingerprint density at radius 3 is 2.50 bits per heavy atom. The fourth-order valence-electron chi connectivity index (χ4n) is 3.58. The van der Waals surface area contributed by atoms with Gasteiger partial charge < -0.3 is 24.8 Å². The Labute approximate surface area is 175 Å². The molecule has 0 aromatic heterocycles. The van der Waals surface area contributed by atoms with Gasteiger partial charge in [-0.25, -0.2) is 4.79 Å². The minimum absolute atomic E-state index is 0.203. The number of ether oxygens (including phenoxy) is 3. The molecule has 30 heavy (non-hydrogen) atoms. The van der Waals surface area contributed by atoms with Gasteiger partial charge in [0.25, 0.3) is 5.91 Å². The number of alkyl carbamates (subject to hydrolysis) is 1. The van der Waals surface area contributed by atoms with Gasteiger partial charge >= 0.3 is 6.09 Å². The van der Waals surface area contributed by atoms with Crippen molar-refractivity contribution in [3.05, 3.63) is 83.9 Å². The van der Waals surface area contributed by atoms with Crippen molar-refractivity contribution < 1.29 is 23.8 Å². The highest BCUT2D eigenvalue weighted by Gasteiger charge is 2.47. The Bertz CT molecular complexity index is 887. The molecule has 4 atom stereocenters. The predicted octanol–water partition coefficient (Wildman–Crippen LogP) is 2.43. The van der Waals surface area contributed by atoms with E-state index in [2.05, 4.69) is 10.6 Å². The Balaban J connectivity index is 1.37. The summed E-state index contributed by atoms with van der Waals surface area (Å²) < 4.78 is 17.4. The maximum Gasteiger partial charge on any atom is 0.407 e. The summed E-state index contributed by atoms with van der Waals surface area (Å²) in [5.41, 5.74) is 1.53. The van der Waals surface area contributed by atoms with E-state index < -0.39 is 24.4 Å². The van der Waals surface area contributed by atoms with Gasteiger partial charge in [0.1, 0.15) is 18.3 Å². The summed E-state index contributed by atoms with van der Waals surface area (Å²) in [4.78, 5) is 24.8. The molecule has 7 nitrogen and oxygen atoms in total. The van der Waals surface area contributed by atoms with Gasteiger partial charge in [-0.05, 0) is 17.7 Å². The zero-order chi connectivity index (χ0) is 20.8. The first-order valence-electron chi connectivity index (χ1n) is 9.96. The maximum atomic E-state index is 12.4. The first-order valence-corrected chi connectivity index (χ1v) is 9.96. The van der Waals surface area contributed by atoms with Gasteiger partial charge in [0.2, 0.25) is 0 Å². The van der Waals surface area contributed by atoms with Gasteiger partial charge in [-0.15, -0.1) is 0 Å². The molecular formula is C23H24N2O5. The lowest BCUT2D eigenvalue weighted by molar-refractivity contribution is -0.0281. The highest BCUT2D eigenvalue weighted by Crippen LogP contribution is 2.29. The zero-order valence-electron chi connectivity index (χ0n) is 16.4. The third-order valence-corrected chi connectivity index (χ3v) is 5.08. The summed E-state index contributed by atoms with van der Waals surface area (Å²) in [6.45, 7) is 0.991. The number of carbonyl (C=O) groups is 2. The van der Waals surface area contributed by atoms with Crippen LogP contribution in [-0.4, -0.2) is 49.6 Å². The van der Waals surface area contributed by atoms with Crippen molar-refractivity contribution in [2.75, 3.05) is 13.2 Å². The van der Waals surface area contributed by atoms with Crippen LogP contribution in [0, 0.1) is 0 Å². The van der Waals surface area contributed by atoms with Gasteiger partial charge in [0.15, 0.2) is 6.10 Å². The third kappa shape index (κ3) is 4.87. The molecule has 2 aliphatic rings. The molecule has 2 aromatic rings. The first-order chi connectivity index (χ1) is 14.7. The number of nitrogens with one attached hydrogen (secondary N) is 2. The Hall–Kier alpha value is -3.16. The summed E-state index contributed by atoms with van der Waals surface area (Å²) in [6, 6.07) is 18.5. The van der Waals surface area contributed by atoms with Gasteiger partial charge in [0.05, 0.1) is 6.61 Å². The van der Waals surface area contributed by atoms with Crippen LogP contribution in [0.15, 0.2) is 72.8 Å². The molecule has 2 amide bonds. The highest BCUT2D eigenvalue weighted by molar-refractivity contribution is 5.94. The van der Waals surface area contributed by atoms with E-state index in [-0.39, 0.29) is 18.6 Å². The molecule has 4 rings (SSSR count). The molecule has 7 heteroatoms. The molecule has 156 valence electrons. The lowest BCUT2D eigenvalue weighted by atomic mass is 10.1. The molecule has 2 aromatic carbocycles. The number of amides is 2. The number of hydrogen-bond acceptors (Lipinski definition) is 5. The predicted molar refractivity (Wildman–Crippen MR) is 110 cm³/mol. The molecule has 0 spiro atoms. The van der Waals surface area contributed by atoms with E-state index in [9.17, 15) is 9.59 Å². The van der Waals surface area contributed by atoms with E-state index >= 15 is 0 Å². The molecule has 0 radical (unpaired) electrons. The molecular weight excluding hydrogens is 384 g/mol. The average Bonchev–Trinajstić information content (AvgIpc) is 3.14. The molecule has 0 bridgehead atoms. The maximum absolute atomic E-state index is 12.4. The Morgan fingerprint density at radius 2 is 1.73 bits per heavy atom. The molecule has 0 saturated carbocycles. The minimum atomic E-state index is -0.633. The van der Waals surface area contributed by atoms with E-state index in [1.54, 1.807) is 24.3 Å². The van der Waals surface area contributed by atoms with Crippen LogP contribution >= 0.6 is 0 Å². The molecule has 2 heterocycles. The van der Waals surface area contributed by atoms with Crippen LogP contribution in [0.1, 0.15) is 15.9 Å². The van der Waals surface area contributed by atoms with Crippen molar-refractivity contribution in [3.63, 3.8) is 0 Å². The molecule has 0 aliphatic carbocycles. The second kappa shape index (κ2) is 9.56. The largest absolute Gasteiger partial charge is 0.440 e. The van der Waals surface area contributed by atoms with Crippen molar-refractivity contribution in [2.45, 2.75) is 31.0 Å². The summed E-state index contributed by atoms with van der Waals surface area (Å²) in [7, 11) is 0. The topological polar surface area (TPSA) is 85.9 Å². The van der Waals surface area contributed by atoms with Crippen molar-refractivity contribution in [2.24, 2.45) is 0 Å². The van der Waals surface area contributed by atoms with Gasteiger partial charge in [-0.3, -0.25) is 4.79 Å². The fourth-order valence-corrected chi connectivity index (χ4v) is 3.58. The van der Waals surface area contributed by atoms with E-state index in [1.807, 2.05) is 48.6 Å². The number of rotatable bonds is 6. The van der Waals surface area contributed by atoms with Gasteiger partial charge in [-0.1, -0.05) is 60.7 Å². The van der Waals surface area contributed by atoms with Crippen LogP contribution in [0.4, 0.5) is 4.79 Å². The Morgan fingerprint density at radius 1 is 1.00 bits per heavy atom. The fraction of sp³-hybridized carbons (Fsp3) is 0.304. The van der Waals surface area contributed by atoms with Crippen LogP contribution in [-0.2, 0) is 20.8 Å².